The average molecular weight is 350 g/mol. The first-order valence-electron chi connectivity index (χ1n) is 10.1. The van der Waals surface area contributed by atoms with E-state index in [1.54, 1.807) is 0 Å². The molecule has 3 heterocycles. The highest BCUT2D eigenvalue weighted by molar-refractivity contribution is 5.76. The molecule has 3 aliphatic rings. The van der Waals surface area contributed by atoms with Gasteiger partial charge in [-0.25, -0.2) is 0 Å². The van der Waals surface area contributed by atoms with E-state index < -0.39 is 0 Å². The molecular weight excluding hydrogens is 314 g/mol. The first kappa shape index (κ1) is 19.1. The molecule has 0 saturated carbocycles. The zero-order valence-corrected chi connectivity index (χ0v) is 15.8. The fourth-order valence-corrected chi connectivity index (χ4v) is 4.36. The maximum atomic E-state index is 11.2. The first-order valence-corrected chi connectivity index (χ1v) is 10.1. The van der Waals surface area contributed by atoms with E-state index in [9.17, 15) is 4.79 Å². The van der Waals surface area contributed by atoms with Gasteiger partial charge >= 0.3 is 0 Å². The molecule has 0 aliphatic carbocycles. The summed E-state index contributed by atoms with van der Waals surface area (Å²) in [4.78, 5) is 21.0. The van der Waals surface area contributed by atoms with Crippen molar-refractivity contribution in [1.82, 2.24) is 19.6 Å². The van der Waals surface area contributed by atoms with Gasteiger partial charge in [0.1, 0.15) is 6.67 Å². The van der Waals surface area contributed by atoms with Gasteiger partial charge in [0, 0.05) is 44.7 Å². The molecule has 1 atom stereocenters. The van der Waals surface area contributed by atoms with Crippen LogP contribution in [-0.2, 0) is 4.79 Å². The van der Waals surface area contributed by atoms with Crippen LogP contribution >= 0.6 is 0 Å². The third-order valence-electron chi connectivity index (χ3n) is 6.16. The van der Waals surface area contributed by atoms with Gasteiger partial charge in [-0.2, -0.15) is 0 Å². The molecule has 0 aromatic carbocycles. The molecule has 2 radical (unpaired) electrons. The summed E-state index contributed by atoms with van der Waals surface area (Å²) in [5, 5.41) is 0. The monoisotopic (exact) mass is 349 g/mol. The average Bonchev–Trinajstić information content (AvgIpc) is 3.23. The van der Waals surface area contributed by atoms with E-state index in [0.29, 0.717) is 0 Å². The van der Waals surface area contributed by atoms with Gasteiger partial charge in [-0.3, -0.25) is 14.6 Å². The standard InChI is InChI=1S/C19H35N5O/c1-17-4-2-8-24(17)9-3-7-22-14-15-23(16-22)13-12-21-10-5-18(6-11-21)19(20)25/h17-18H,2-15H2,1H3,(H2,20,25). The van der Waals surface area contributed by atoms with E-state index in [1.165, 1.54) is 32.4 Å². The van der Waals surface area contributed by atoms with E-state index >= 15 is 0 Å². The first-order chi connectivity index (χ1) is 12.1. The minimum atomic E-state index is -0.125. The van der Waals surface area contributed by atoms with E-state index in [2.05, 4.69) is 33.2 Å². The fourth-order valence-electron chi connectivity index (χ4n) is 4.36. The van der Waals surface area contributed by atoms with Crippen LogP contribution in [0.4, 0.5) is 0 Å². The van der Waals surface area contributed by atoms with Crippen LogP contribution in [0.5, 0.6) is 0 Å². The summed E-state index contributed by atoms with van der Waals surface area (Å²) >= 11 is 0. The Labute approximate surface area is 153 Å². The van der Waals surface area contributed by atoms with Gasteiger partial charge in [0.25, 0.3) is 0 Å². The third kappa shape index (κ3) is 5.64. The van der Waals surface area contributed by atoms with Crippen LogP contribution in [0.25, 0.3) is 0 Å². The molecular formula is C19H35N5O. The third-order valence-corrected chi connectivity index (χ3v) is 6.16. The van der Waals surface area contributed by atoms with Crippen molar-refractivity contribution in [3.8, 4) is 0 Å². The van der Waals surface area contributed by atoms with E-state index in [4.69, 9.17) is 5.73 Å². The molecule has 1 amide bonds. The van der Waals surface area contributed by atoms with Gasteiger partial charge in [0.2, 0.25) is 5.91 Å². The predicted octanol–water partition coefficient (Wildman–Crippen LogP) is 0.672. The van der Waals surface area contributed by atoms with Crippen LogP contribution < -0.4 is 5.73 Å². The topological polar surface area (TPSA) is 56.1 Å². The van der Waals surface area contributed by atoms with Crippen molar-refractivity contribution in [3.63, 3.8) is 0 Å². The quantitative estimate of drug-likeness (QED) is 0.698. The summed E-state index contributed by atoms with van der Waals surface area (Å²) in [5.41, 5.74) is 5.40. The van der Waals surface area contributed by atoms with Gasteiger partial charge in [-0.05, 0) is 65.2 Å². The van der Waals surface area contributed by atoms with Crippen molar-refractivity contribution in [3.05, 3.63) is 6.67 Å². The second kappa shape index (κ2) is 9.31. The molecule has 0 spiro atoms. The lowest BCUT2D eigenvalue weighted by atomic mass is 9.96. The molecule has 0 aromatic rings. The minimum absolute atomic E-state index is 0.0926. The Morgan fingerprint density at radius 2 is 1.68 bits per heavy atom. The minimum Gasteiger partial charge on any atom is -0.369 e. The van der Waals surface area contributed by atoms with Crippen molar-refractivity contribution in [1.29, 1.82) is 0 Å². The Morgan fingerprint density at radius 3 is 2.32 bits per heavy atom. The second-order valence-electron chi connectivity index (χ2n) is 7.97. The molecule has 142 valence electrons. The molecule has 6 heteroatoms. The highest BCUT2D eigenvalue weighted by Gasteiger charge is 2.26. The summed E-state index contributed by atoms with van der Waals surface area (Å²) in [6.45, 7) is 15.9. The Balaban J connectivity index is 1.25. The molecule has 0 aromatic heterocycles. The van der Waals surface area contributed by atoms with Crippen LogP contribution in [0.3, 0.4) is 0 Å². The summed E-state index contributed by atoms with van der Waals surface area (Å²) in [6, 6.07) is 0.779. The number of carbonyl (C=O) groups excluding carboxylic acids is 1. The Hall–Kier alpha value is -0.690. The van der Waals surface area contributed by atoms with Crippen molar-refractivity contribution in [2.75, 3.05) is 58.9 Å². The van der Waals surface area contributed by atoms with Crippen molar-refractivity contribution >= 4 is 5.91 Å². The Bertz CT molecular complexity index is 424. The zero-order chi connectivity index (χ0) is 17.6. The number of nitrogens with zero attached hydrogens (tertiary/aromatic N) is 4. The van der Waals surface area contributed by atoms with Crippen molar-refractivity contribution < 1.29 is 4.79 Å². The van der Waals surface area contributed by atoms with Gasteiger partial charge in [-0.15, -0.1) is 0 Å². The molecule has 6 nitrogen and oxygen atoms in total. The summed E-state index contributed by atoms with van der Waals surface area (Å²) in [7, 11) is 0. The Kier molecular flexibility index (Phi) is 7.10. The second-order valence-corrected chi connectivity index (χ2v) is 7.97. The highest BCUT2D eigenvalue weighted by Crippen LogP contribution is 2.18. The predicted molar refractivity (Wildman–Crippen MR) is 99.6 cm³/mol. The summed E-state index contributed by atoms with van der Waals surface area (Å²) < 4.78 is 0. The number of piperidine rings is 1. The number of rotatable bonds is 8. The number of hydrogen-bond acceptors (Lipinski definition) is 5. The number of likely N-dealkylation sites (tertiary alicyclic amines) is 2. The maximum Gasteiger partial charge on any atom is 0.220 e. The van der Waals surface area contributed by atoms with Gasteiger partial charge in [0.15, 0.2) is 0 Å². The highest BCUT2D eigenvalue weighted by atomic mass is 16.1. The van der Waals surface area contributed by atoms with Crippen LogP contribution in [0.15, 0.2) is 0 Å². The molecule has 3 aliphatic heterocycles. The molecule has 0 bridgehead atoms. The van der Waals surface area contributed by atoms with Gasteiger partial charge in [0.05, 0.1) is 0 Å². The lowest BCUT2D eigenvalue weighted by molar-refractivity contribution is -0.123. The molecule has 2 N–H and O–H groups in total. The lowest BCUT2D eigenvalue weighted by Gasteiger charge is -2.31. The fraction of sp³-hybridized carbons (Fsp3) is 0.895. The molecule has 3 saturated heterocycles. The zero-order valence-electron chi connectivity index (χ0n) is 15.8. The van der Waals surface area contributed by atoms with Crippen LogP contribution in [0, 0.1) is 12.6 Å². The maximum absolute atomic E-state index is 11.2. The van der Waals surface area contributed by atoms with Crippen LogP contribution in [0.1, 0.15) is 39.0 Å². The number of nitrogens with two attached hydrogens (primary N) is 1. The van der Waals surface area contributed by atoms with E-state index in [-0.39, 0.29) is 11.8 Å². The Morgan fingerprint density at radius 1 is 0.960 bits per heavy atom. The van der Waals surface area contributed by atoms with Crippen molar-refractivity contribution in [2.24, 2.45) is 11.7 Å². The van der Waals surface area contributed by atoms with Crippen LogP contribution in [-0.4, -0.2) is 90.5 Å². The number of hydrogen-bond donors (Lipinski definition) is 1. The lowest BCUT2D eigenvalue weighted by Crippen LogP contribution is -2.41. The number of amides is 1. The molecule has 1 unspecified atom stereocenters. The molecule has 3 fully saturated rings. The van der Waals surface area contributed by atoms with Gasteiger partial charge < -0.3 is 15.5 Å². The van der Waals surface area contributed by atoms with Crippen molar-refractivity contribution in [2.45, 2.75) is 45.1 Å². The van der Waals surface area contributed by atoms with Crippen LogP contribution in [0.2, 0.25) is 0 Å². The summed E-state index contributed by atoms with van der Waals surface area (Å²) in [5.74, 6) is -0.0326. The smallest absolute Gasteiger partial charge is 0.220 e. The number of carbonyl (C=O) groups is 1. The molecule has 25 heavy (non-hydrogen) atoms. The molecule has 3 rings (SSSR count). The normalized spacial score (nSPS) is 28.1. The van der Waals surface area contributed by atoms with E-state index in [1.807, 2.05) is 0 Å². The SMILES string of the molecule is CC1CCCN1CCCN1[C]N(CCN2CCC(C(N)=O)CC2)CC1. The summed E-state index contributed by atoms with van der Waals surface area (Å²) in [6.07, 6.45) is 5.82. The number of primary amides is 1. The van der Waals surface area contributed by atoms with E-state index in [0.717, 1.165) is 64.7 Å². The van der Waals surface area contributed by atoms with Gasteiger partial charge in [-0.1, -0.05) is 0 Å². The largest absolute Gasteiger partial charge is 0.369 e.